The second-order valence-electron chi connectivity index (χ2n) is 10.9. The minimum atomic E-state index is -1.20. The van der Waals surface area contributed by atoms with Crippen LogP contribution < -0.4 is 5.32 Å². The first-order valence-corrected chi connectivity index (χ1v) is 14.3. The summed E-state index contributed by atoms with van der Waals surface area (Å²) in [6, 6.07) is 31.2. The number of nitrogens with one attached hydrogen (secondary N) is 1. The molecule has 218 valence electrons. The zero-order valence-corrected chi connectivity index (χ0v) is 24.1. The molecule has 2 atom stereocenters. The van der Waals surface area contributed by atoms with Crippen molar-refractivity contribution in [3.63, 3.8) is 0 Å². The second-order valence-corrected chi connectivity index (χ2v) is 10.9. The molecular weight excluding hydrogens is 528 g/mol. The highest BCUT2D eigenvalue weighted by Gasteiger charge is 2.33. The van der Waals surface area contributed by atoms with Crippen molar-refractivity contribution in [1.82, 2.24) is 10.2 Å². The van der Waals surface area contributed by atoms with Crippen LogP contribution in [0.3, 0.4) is 0 Å². The molecule has 0 saturated carbocycles. The topological polar surface area (TPSA) is 95.9 Å². The summed E-state index contributed by atoms with van der Waals surface area (Å²) in [6.45, 7) is 4.57. The maximum absolute atomic E-state index is 13.6. The number of benzene rings is 4. The Balaban J connectivity index is 1.52. The van der Waals surface area contributed by atoms with E-state index in [1.165, 1.54) is 4.90 Å². The van der Waals surface area contributed by atoms with Crippen molar-refractivity contribution in [2.45, 2.75) is 45.3 Å². The number of amides is 2. The van der Waals surface area contributed by atoms with Crippen LogP contribution in [0.2, 0.25) is 0 Å². The van der Waals surface area contributed by atoms with E-state index in [0.29, 0.717) is 13.0 Å². The van der Waals surface area contributed by atoms with Crippen LogP contribution in [-0.4, -0.2) is 47.1 Å². The van der Waals surface area contributed by atoms with Gasteiger partial charge in [0.15, 0.2) is 0 Å². The van der Waals surface area contributed by atoms with Gasteiger partial charge in [0.2, 0.25) is 0 Å². The first kappa shape index (κ1) is 30.3. The standard InChI is InChI=1S/C35H38N2O5/c1-25(2)23-37(20-19-32(38)42-24-27-13-7-4-8-14-27)35(41)36-33(34(39)40)31(21-26-11-5-3-6-12-26)30-18-17-28-15-9-10-16-29(28)22-30/h3-18,22,25,31,33H,19-21,23-24H2,1-2H3,(H,36,41)(H,39,40)/t31?,33-/m0/s1. The van der Waals surface area contributed by atoms with Gasteiger partial charge < -0.3 is 20.1 Å². The molecule has 0 aliphatic heterocycles. The van der Waals surface area contributed by atoms with Gasteiger partial charge in [0.05, 0.1) is 6.42 Å². The lowest BCUT2D eigenvalue weighted by atomic mass is 9.85. The summed E-state index contributed by atoms with van der Waals surface area (Å²) >= 11 is 0. The number of fused-ring (bicyclic) bond motifs is 1. The number of carbonyl (C=O) groups excluding carboxylic acids is 2. The zero-order chi connectivity index (χ0) is 29.9. The monoisotopic (exact) mass is 566 g/mol. The van der Waals surface area contributed by atoms with Gasteiger partial charge in [-0.05, 0) is 39.8 Å². The second kappa shape index (κ2) is 14.8. The van der Waals surface area contributed by atoms with Crippen molar-refractivity contribution in [2.24, 2.45) is 5.92 Å². The number of carbonyl (C=O) groups is 3. The van der Waals surface area contributed by atoms with Gasteiger partial charge >= 0.3 is 18.0 Å². The summed E-state index contributed by atoms with van der Waals surface area (Å²) in [7, 11) is 0. The minimum absolute atomic E-state index is 0.00281. The quantitative estimate of drug-likeness (QED) is 0.182. The number of hydrogen-bond donors (Lipinski definition) is 2. The van der Waals surface area contributed by atoms with E-state index in [2.05, 4.69) is 5.32 Å². The summed E-state index contributed by atoms with van der Waals surface area (Å²) in [6.07, 6.45) is 0.426. The highest BCUT2D eigenvalue weighted by atomic mass is 16.5. The van der Waals surface area contributed by atoms with Crippen molar-refractivity contribution in [3.05, 3.63) is 120 Å². The molecule has 4 rings (SSSR count). The predicted molar refractivity (Wildman–Crippen MR) is 164 cm³/mol. The fraction of sp³-hybridized carbons (Fsp3) is 0.286. The lowest BCUT2D eigenvalue weighted by molar-refractivity contribution is -0.145. The summed E-state index contributed by atoms with van der Waals surface area (Å²) in [5, 5.41) is 15.3. The van der Waals surface area contributed by atoms with Crippen LogP contribution in [0.4, 0.5) is 4.79 Å². The molecule has 2 amide bonds. The molecule has 42 heavy (non-hydrogen) atoms. The van der Waals surface area contributed by atoms with Crippen LogP contribution in [0.25, 0.3) is 10.8 Å². The van der Waals surface area contributed by atoms with Crippen LogP contribution >= 0.6 is 0 Å². The average Bonchev–Trinajstić information content (AvgIpc) is 3.00. The third kappa shape index (κ3) is 8.67. The van der Waals surface area contributed by atoms with E-state index in [1.54, 1.807) is 0 Å². The van der Waals surface area contributed by atoms with E-state index in [4.69, 9.17) is 4.74 Å². The molecule has 4 aromatic carbocycles. The lowest BCUT2D eigenvalue weighted by Crippen LogP contribution is -2.52. The van der Waals surface area contributed by atoms with E-state index < -0.39 is 29.9 Å². The number of hydrogen-bond acceptors (Lipinski definition) is 4. The predicted octanol–water partition coefficient (Wildman–Crippen LogP) is 6.42. The molecule has 0 radical (unpaired) electrons. The average molecular weight is 567 g/mol. The van der Waals surface area contributed by atoms with Gasteiger partial charge in [0, 0.05) is 19.0 Å². The molecule has 0 spiro atoms. The van der Waals surface area contributed by atoms with E-state index in [9.17, 15) is 19.5 Å². The Labute approximate surface area is 247 Å². The first-order valence-electron chi connectivity index (χ1n) is 14.3. The van der Waals surface area contributed by atoms with E-state index in [1.807, 2.05) is 117 Å². The van der Waals surface area contributed by atoms with Gasteiger partial charge in [-0.3, -0.25) is 4.79 Å². The van der Waals surface area contributed by atoms with E-state index in [-0.39, 0.29) is 25.5 Å². The number of nitrogens with zero attached hydrogens (tertiary/aromatic N) is 1. The Morgan fingerprint density at radius 2 is 1.43 bits per heavy atom. The molecule has 0 aromatic heterocycles. The van der Waals surface area contributed by atoms with Gasteiger partial charge in [-0.2, -0.15) is 0 Å². The van der Waals surface area contributed by atoms with Crippen molar-refractivity contribution in [3.8, 4) is 0 Å². The van der Waals surface area contributed by atoms with Gasteiger partial charge in [-0.25, -0.2) is 9.59 Å². The van der Waals surface area contributed by atoms with Crippen molar-refractivity contribution < 1.29 is 24.2 Å². The van der Waals surface area contributed by atoms with Crippen LogP contribution in [0.5, 0.6) is 0 Å². The van der Waals surface area contributed by atoms with Gasteiger partial charge in [0.1, 0.15) is 12.6 Å². The molecule has 7 nitrogen and oxygen atoms in total. The maximum Gasteiger partial charge on any atom is 0.326 e. The maximum atomic E-state index is 13.6. The molecule has 1 unspecified atom stereocenters. The molecule has 0 aliphatic rings. The number of carboxylic acids is 1. The summed E-state index contributed by atoms with van der Waals surface area (Å²) in [5.74, 6) is -1.97. The normalized spacial score (nSPS) is 12.5. The van der Waals surface area contributed by atoms with Gasteiger partial charge in [-0.15, -0.1) is 0 Å². The Bertz CT molecular complexity index is 1470. The SMILES string of the molecule is CC(C)CN(CCC(=O)OCc1ccccc1)C(=O)N[C@H](C(=O)O)C(Cc1ccccc1)c1ccc2ccccc2c1. The minimum Gasteiger partial charge on any atom is -0.480 e. The van der Waals surface area contributed by atoms with Crippen LogP contribution in [0.15, 0.2) is 103 Å². The van der Waals surface area contributed by atoms with Crippen LogP contribution in [0.1, 0.15) is 42.9 Å². The molecule has 0 aliphatic carbocycles. The Morgan fingerprint density at radius 3 is 2.07 bits per heavy atom. The lowest BCUT2D eigenvalue weighted by Gasteiger charge is -2.30. The number of aliphatic carboxylic acids is 1. The molecule has 4 aromatic rings. The molecule has 2 N–H and O–H groups in total. The number of urea groups is 1. The van der Waals surface area contributed by atoms with E-state index >= 15 is 0 Å². The molecule has 0 bridgehead atoms. The fourth-order valence-electron chi connectivity index (χ4n) is 5.05. The van der Waals surface area contributed by atoms with Crippen molar-refractivity contribution in [2.75, 3.05) is 13.1 Å². The summed E-state index contributed by atoms with van der Waals surface area (Å²) in [5.41, 5.74) is 2.67. The zero-order valence-electron chi connectivity index (χ0n) is 24.1. The van der Waals surface area contributed by atoms with Gasteiger partial charge in [-0.1, -0.05) is 117 Å². The van der Waals surface area contributed by atoms with E-state index in [0.717, 1.165) is 27.5 Å². The number of esters is 1. The Hall–Kier alpha value is -4.65. The molecule has 0 saturated heterocycles. The summed E-state index contributed by atoms with van der Waals surface area (Å²) < 4.78 is 5.39. The largest absolute Gasteiger partial charge is 0.480 e. The van der Waals surface area contributed by atoms with Crippen LogP contribution in [0, 0.1) is 5.92 Å². The molecule has 0 fully saturated rings. The molecule has 0 heterocycles. The fourth-order valence-corrected chi connectivity index (χ4v) is 5.05. The van der Waals surface area contributed by atoms with Crippen molar-refractivity contribution >= 4 is 28.7 Å². The van der Waals surface area contributed by atoms with Crippen molar-refractivity contribution in [1.29, 1.82) is 0 Å². The van der Waals surface area contributed by atoms with Crippen LogP contribution in [-0.2, 0) is 27.4 Å². The number of carboxylic acid groups (broad SMARTS) is 1. The van der Waals surface area contributed by atoms with Gasteiger partial charge in [0.25, 0.3) is 0 Å². The summed E-state index contributed by atoms with van der Waals surface area (Å²) in [4.78, 5) is 40.3. The number of ether oxygens (including phenoxy) is 1. The number of rotatable bonds is 13. The highest BCUT2D eigenvalue weighted by molar-refractivity contribution is 5.86. The smallest absolute Gasteiger partial charge is 0.326 e. The first-order chi connectivity index (χ1) is 20.3. The third-order valence-electron chi connectivity index (χ3n) is 7.15. The Kier molecular flexibility index (Phi) is 10.7. The molecular formula is C35H38N2O5. The highest BCUT2D eigenvalue weighted by Crippen LogP contribution is 2.28. The molecule has 7 heteroatoms. The Morgan fingerprint density at radius 1 is 0.810 bits per heavy atom. The third-order valence-corrected chi connectivity index (χ3v) is 7.15.